The topological polar surface area (TPSA) is 80.6 Å². The average Bonchev–Trinajstić information content (AvgIpc) is 3.93. The van der Waals surface area contributed by atoms with Crippen molar-refractivity contribution < 1.29 is 13.9 Å². The standard InChI is InChI=1S/C37H32FN5O3/c38-31-19-29-34(20-35(31)42-17-15-41(16-18-42)21-26-11-9-24-5-1-3-7-32(24)39-26)43(28-13-14-28)22-30(36(29)44)37(45)46-23-27-12-10-25-6-2-4-8-33(25)40-27/h1-12,19-20,22,28H,13-18,21,23H2. The lowest BCUT2D eigenvalue weighted by Crippen LogP contribution is -2.46. The second kappa shape index (κ2) is 11.7. The zero-order valence-corrected chi connectivity index (χ0v) is 25.2. The zero-order chi connectivity index (χ0) is 31.2. The minimum Gasteiger partial charge on any atom is -0.455 e. The van der Waals surface area contributed by atoms with Crippen molar-refractivity contribution in [3.8, 4) is 0 Å². The highest BCUT2D eigenvalue weighted by molar-refractivity contribution is 5.94. The lowest BCUT2D eigenvalue weighted by Gasteiger charge is -2.36. The van der Waals surface area contributed by atoms with E-state index in [1.807, 2.05) is 58.0 Å². The van der Waals surface area contributed by atoms with Gasteiger partial charge < -0.3 is 14.2 Å². The van der Waals surface area contributed by atoms with Crippen molar-refractivity contribution in [2.75, 3.05) is 31.1 Å². The van der Waals surface area contributed by atoms with Crippen molar-refractivity contribution in [2.45, 2.75) is 32.0 Å². The minimum absolute atomic E-state index is 0.0687. The highest BCUT2D eigenvalue weighted by Crippen LogP contribution is 2.38. The van der Waals surface area contributed by atoms with Crippen LogP contribution in [0.15, 0.2) is 95.9 Å². The third-order valence-electron chi connectivity index (χ3n) is 9.02. The van der Waals surface area contributed by atoms with Crippen LogP contribution in [0.2, 0.25) is 0 Å². The highest BCUT2D eigenvalue weighted by Gasteiger charge is 2.29. The number of halogens is 1. The van der Waals surface area contributed by atoms with Gasteiger partial charge in [0, 0.05) is 61.1 Å². The summed E-state index contributed by atoms with van der Waals surface area (Å²) >= 11 is 0. The molecule has 3 aromatic heterocycles. The summed E-state index contributed by atoms with van der Waals surface area (Å²) in [5.41, 5.74) is 3.87. The molecule has 3 aromatic carbocycles. The van der Waals surface area contributed by atoms with E-state index in [-0.39, 0.29) is 23.6 Å². The van der Waals surface area contributed by atoms with Crippen molar-refractivity contribution in [1.82, 2.24) is 19.4 Å². The third-order valence-corrected chi connectivity index (χ3v) is 9.02. The van der Waals surface area contributed by atoms with Crippen molar-refractivity contribution in [2.24, 2.45) is 0 Å². The second-order valence-corrected chi connectivity index (χ2v) is 12.2. The van der Waals surface area contributed by atoms with Gasteiger partial charge in [-0.1, -0.05) is 48.5 Å². The predicted molar refractivity (Wildman–Crippen MR) is 177 cm³/mol. The Morgan fingerprint density at radius 1 is 0.826 bits per heavy atom. The van der Waals surface area contributed by atoms with E-state index in [0.717, 1.165) is 60.0 Å². The highest BCUT2D eigenvalue weighted by atomic mass is 19.1. The number of hydrogen-bond acceptors (Lipinski definition) is 7. The van der Waals surface area contributed by atoms with Gasteiger partial charge in [-0.05, 0) is 49.2 Å². The molecule has 0 unspecified atom stereocenters. The maximum atomic E-state index is 15.7. The second-order valence-electron chi connectivity index (χ2n) is 12.2. The largest absolute Gasteiger partial charge is 0.455 e. The molecule has 6 aromatic rings. The van der Waals surface area contributed by atoms with Gasteiger partial charge in [0.2, 0.25) is 5.43 Å². The summed E-state index contributed by atoms with van der Waals surface area (Å²) in [6.45, 7) is 3.49. The fourth-order valence-corrected chi connectivity index (χ4v) is 6.38. The number of ether oxygens (including phenoxy) is 1. The summed E-state index contributed by atoms with van der Waals surface area (Å²) in [4.78, 5) is 40.5. The first kappa shape index (κ1) is 28.3. The van der Waals surface area contributed by atoms with E-state index in [0.29, 0.717) is 30.0 Å². The van der Waals surface area contributed by atoms with Gasteiger partial charge in [-0.15, -0.1) is 0 Å². The Balaban J connectivity index is 1.01. The van der Waals surface area contributed by atoms with Gasteiger partial charge in [0.05, 0.1) is 33.6 Å². The number of carbonyl (C=O) groups excluding carboxylic acids is 1. The molecular formula is C37H32FN5O3. The number of nitrogens with zero attached hydrogens (tertiary/aromatic N) is 5. The number of esters is 1. The minimum atomic E-state index is -0.738. The molecule has 0 radical (unpaired) electrons. The molecule has 8 rings (SSSR count). The number of anilines is 1. The number of para-hydroxylation sites is 2. The molecule has 1 aliphatic heterocycles. The molecule has 1 aliphatic carbocycles. The van der Waals surface area contributed by atoms with Gasteiger partial charge in [-0.25, -0.2) is 14.2 Å². The van der Waals surface area contributed by atoms with E-state index < -0.39 is 17.2 Å². The molecular weight excluding hydrogens is 581 g/mol. The van der Waals surface area contributed by atoms with E-state index in [2.05, 4.69) is 28.1 Å². The lowest BCUT2D eigenvalue weighted by molar-refractivity contribution is 0.0466. The number of rotatable bonds is 7. The SMILES string of the molecule is O=C(OCc1ccc2ccccc2n1)c1cn(C2CC2)c2cc(N3CCN(Cc4ccc5ccccc5n4)CC3)c(F)cc2c1=O. The van der Waals surface area contributed by atoms with Crippen molar-refractivity contribution >= 4 is 44.4 Å². The average molecular weight is 614 g/mol. The molecule has 1 saturated carbocycles. The summed E-state index contributed by atoms with van der Waals surface area (Å²) in [5, 5.41) is 2.29. The predicted octanol–water partition coefficient (Wildman–Crippen LogP) is 6.25. The summed E-state index contributed by atoms with van der Waals surface area (Å²) in [6.07, 6.45) is 3.46. The Kier molecular flexibility index (Phi) is 7.18. The first-order valence-electron chi connectivity index (χ1n) is 15.7. The Morgan fingerprint density at radius 3 is 2.17 bits per heavy atom. The van der Waals surface area contributed by atoms with Crippen LogP contribution < -0.4 is 10.3 Å². The molecule has 0 amide bonds. The molecule has 0 spiro atoms. The number of aromatic nitrogens is 3. The van der Waals surface area contributed by atoms with Gasteiger partial charge in [0.1, 0.15) is 18.0 Å². The van der Waals surface area contributed by atoms with E-state index in [1.165, 1.54) is 6.07 Å². The van der Waals surface area contributed by atoms with Crippen molar-refractivity contribution in [3.05, 3.63) is 124 Å². The molecule has 2 aliphatic rings. The molecule has 230 valence electrons. The molecule has 9 heteroatoms. The van der Waals surface area contributed by atoms with E-state index >= 15 is 4.39 Å². The van der Waals surface area contributed by atoms with Crippen LogP contribution in [0.3, 0.4) is 0 Å². The smallest absolute Gasteiger partial charge is 0.344 e. The van der Waals surface area contributed by atoms with Crippen LogP contribution in [0.1, 0.15) is 40.6 Å². The van der Waals surface area contributed by atoms with E-state index in [4.69, 9.17) is 9.72 Å². The molecule has 0 N–H and O–H groups in total. The number of piperazine rings is 1. The van der Waals surface area contributed by atoms with Crippen LogP contribution in [0.25, 0.3) is 32.7 Å². The fraction of sp³-hybridized carbons (Fsp3) is 0.243. The zero-order valence-electron chi connectivity index (χ0n) is 25.2. The number of carbonyl (C=O) groups is 1. The monoisotopic (exact) mass is 613 g/mol. The maximum Gasteiger partial charge on any atom is 0.344 e. The summed E-state index contributed by atoms with van der Waals surface area (Å²) in [6, 6.07) is 26.9. The quantitative estimate of drug-likeness (QED) is 0.197. The fourth-order valence-electron chi connectivity index (χ4n) is 6.38. The third kappa shape index (κ3) is 5.47. The molecule has 1 saturated heterocycles. The van der Waals surface area contributed by atoms with Crippen molar-refractivity contribution in [3.63, 3.8) is 0 Å². The Labute approximate surface area is 264 Å². The molecule has 0 atom stereocenters. The number of hydrogen-bond donors (Lipinski definition) is 0. The van der Waals surface area contributed by atoms with Crippen LogP contribution in [-0.2, 0) is 17.9 Å². The molecule has 46 heavy (non-hydrogen) atoms. The normalized spacial score (nSPS) is 15.5. The Morgan fingerprint density at radius 2 is 1.48 bits per heavy atom. The van der Waals surface area contributed by atoms with E-state index in [1.54, 1.807) is 18.3 Å². The number of pyridine rings is 3. The van der Waals surface area contributed by atoms with Crippen LogP contribution >= 0.6 is 0 Å². The van der Waals surface area contributed by atoms with Gasteiger partial charge >= 0.3 is 5.97 Å². The summed E-state index contributed by atoms with van der Waals surface area (Å²) in [5.74, 6) is -1.21. The Hall–Kier alpha value is -5.15. The molecule has 2 fully saturated rings. The first-order valence-corrected chi connectivity index (χ1v) is 15.7. The van der Waals surface area contributed by atoms with Crippen molar-refractivity contribution in [1.29, 1.82) is 0 Å². The lowest BCUT2D eigenvalue weighted by atomic mass is 10.1. The number of benzene rings is 3. The summed E-state index contributed by atoms with van der Waals surface area (Å²) in [7, 11) is 0. The van der Waals surface area contributed by atoms with Gasteiger partial charge in [0.15, 0.2) is 0 Å². The summed E-state index contributed by atoms with van der Waals surface area (Å²) < 4.78 is 23.2. The maximum absolute atomic E-state index is 15.7. The van der Waals surface area contributed by atoms with Crippen LogP contribution in [0.4, 0.5) is 10.1 Å². The van der Waals surface area contributed by atoms with Crippen LogP contribution in [-0.4, -0.2) is 51.6 Å². The molecule has 0 bridgehead atoms. The van der Waals surface area contributed by atoms with Gasteiger partial charge in [-0.2, -0.15) is 0 Å². The first-order chi connectivity index (χ1) is 22.5. The van der Waals surface area contributed by atoms with Gasteiger partial charge in [0.25, 0.3) is 0 Å². The van der Waals surface area contributed by atoms with Gasteiger partial charge in [-0.3, -0.25) is 14.7 Å². The molecule has 4 heterocycles. The number of fused-ring (bicyclic) bond motifs is 3. The van der Waals surface area contributed by atoms with Crippen LogP contribution in [0.5, 0.6) is 0 Å². The van der Waals surface area contributed by atoms with E-state index in [9.17, 15) is 9.59 Å². The van der Waals surface area contributed by atoms with Crippen LogP contribution in [0, 0.1) is 5.82 Å². The molecule has 8 nitrogen and oxygen atoms in total. The Bertz CT molecular complexity index is 2190.